The highest BCUT2D eigenvalue weighted by atomic mass is 32.2. The van der Waals surface area contributed by atoms with Crippen molar-refractivity contribution in [1.82, 2.24) is 4.31 Å². The number of carbonyl (C=O) groups is 1. The van der Waals surface area contributed by atoms with Crippen molar-refractivity contribution in [3.05, 3.63) is 29.8 Å². The van der Waals surface area contributed by atoms with Gasteiger partial charge in [-0.1, -0.05) is 6.07 Å². The molecule has 5 nitrogen and oxygen atoms in total. The molecule has 2 rings (SSSR count). The average molecular weight is 304 g/mol. The molecular weight excluding hydrogens is 290 g/mol. The Morgan fingerprint density at radius 1 is 1.30 bits per heavy atom. The number of rotatable bonds is 3. The minimum atomic E-state index is -4.31. The first kappa shape index (κ1) is 14.9. The molecule has 1 aliphatic rings. The van der Waals surface area contributed by atoms with E-state index in [1.165, 1.54) is 0 Å². The van der Waals surface area contributed by atoms with Gasteiger partial charge in [-0.25, -0.2) is 17.2 Å². The molecule has 1 unspecified atom stereocenters. The van der Waals surface area contributed by atoms with Gasteiger partial charge in [-0.2, -0.15) is 4.31 Å². The summed E-state index contributed by atoms with van der Waals surface area (Å²) >= 11 is 0. The maximum atomic E-state index is 13.6. The number of hydrogen-bond donors (Lipinski definition) is 1. The van der Waals surface area contributed by atoms with Crippen LogP contribution in [0.5, 0.6) is 0 Å². The van der Waals surface area contributed by atoms with Crippen molar-refractivity contribution in [1.29, 1.82) is 0 Å². The monoisotopic (exact) mass is 304 g/mol. The van der Waals surface area contributed by atoms with E-state index < -0.39 is 38.4 Å². The molecule has 0 bridgehead atoms. The van der Waals surface area contributed by atoms with Crippen LogP contribution in [0.25, 0.3) is 0 Å². The zero-order valence-electron chi connectivity index (χ0n) is 10.6. The quantitative estimate of drug-likeness (QED) is 0.899. The lowest BCUT2D eigenvalue weighted by molar-refractivity contribution is -0.122. The van der Waals surface area contributed by atoms with Gasteiger partial charge in [-0.15, -0.1) is 0 Å². The van der Waals surface area contributed by atoms with Crippen molar-refractivity contribution < 1.29 is 22.0 Å². The molecule has 1 atom stereocenters. The van der Waals surface area contributed by atoms with Gasteiger partial charge in [0.15, 0.2) is 4.90 Å². The van der Waals surface area contributed by atoms with Gasteiger partial charge in [-0.05, 0) is 25.0 Å². The number of nitrogens with zero attached hydrogens (tertiary/aromatic N) is 1. The molecule has 1 aromatic rings. The van der Waals surface area contributed by atoms with Gasteiger partial charge in [0.2, 0.25) is 15.9 Å². The van der Waals surface area contributed by atoms with Crippen LogP contribution in [0.3, 0.4) is 0 Å². The summed E-state index contributed by atoms with van der Waals surface area (Å²) in [6.07, 6.45) is 0.893. The number of carbonyl (C=O) groups excluding carboxylic acids is 1. The zero-order chi connectivity index (χ0) is 14.9. The molecular formula is C12H14F2N2O3S. The van der Waals surface area contributed by atoms with Crippen LogP contribution >= 0.6 is 0 Å². The van der Waals surface area contributed by atoms with Crippen molar-refractivity contribution in [3.8, 4) is 0 Å². The lowest BCUT2D eigenvalue weighted by atomic mass is 9.99. The maximum Gasteiger partial charge on any atom is 0.248 e. The summed E-state index contributed by atoms with van der Waals surface area (Å²) < 4.78 is 52.7. The summed E-state index contributed by atoms with van der Waals surface area (Å²) in [5, 5.41) is 0. The third-order valence-electron chi connectivity index (χ3n) is 3.30. The van der Waals surface area contributed by atoms with Gasteiger partial charge in [0.25, 0.3) is 0 Å². The Balaban J connectivity index is 2.38. The fourth-order valence-corrected chi connectivity index (χ4v) is 3.88. The van der Waals surface area contributed by atoms with E-state index in [4.69, 9.17) is 5.73 Å². The molecule has 0 aliphatic carbocycles. The second kappa shape index (κ2) is 5.45. The van der Waals surface area contributed by atoms with E-state index in [-0.39, 0.29) is 13.1 Å². The summed E-state index contributed by atoms with van der Waals surface area (Å²) in [5.74, 6) is -3.54. The molecule has 0 radical (unpaired) electrons. The van der Waals surface area contributed by atoms with Crippen molar-refractivity contribution >= 4 is 15.9 Å². The highest BCUT2D eigenvalue weighted by Crippen LogP contribution is 2.26. The van der Waals surface area contributed by atoms with Crippen LogP contribution in [-0.4, -0.2) is 31.7 Å². The van der Waals surface area contributed by atoms with E-state index in [2.05, 4.69) is 0 Å². The van der Waals surface area contributed by atoms with Gasteiger partial charge in [0.1, 0.15) is 11.6 Å². The van der Waals surface area contributed by atoms with Gasteiger partial charge >= 0.3 is 0 Å². The molecule has 0 spiro atoms. The predicted molar refractivity (Wildman–Crippen MR) is 67.0 cm³/mol. The van der Waals surface area contributed by atoms with Crippen molar-refractivity contribution in [2.24, 2.45) is 11.7 Å². The summed E-state index contributed by atoms with van der Waals surface area (Å²) in [6, 6.07) is 2.85. The lowest BCUT2D eigenvalue weighted by Crippen LogP contribution is -2.44. The zero-order valence-corrected chi connectivity index (χ0v) is 11.4. The summed E-state index contributed by atoms with van der Waals surface area (Å²) in [7, 11) is -4.31. The number of amides is 1. The summed E-state index contributed by atoms with van der Waals surface area (Å²) in [4.78, 5) is 10.2. The molecule has 1 amide bonds. The van der Waals surface area contributed by atoms with E-state index in [1.54, 1.807) is 0 Å². The van der Waals surface area contributed by atoms with E-state index in [0.29, 0.717) is 12.8 Å². The van der Waals surface area contributed by atoms with Crippen molar-refractivity contribution in [2.45, 2.75) is 17.7 Å². The van der Waals surface area contributed by atoms with Crippen LogP contribution in [0.1, 0.15) is 12.8 Å². The Hall–Kier alpha value is -1.54. The number of primary amides is 1. The van der Waals surface area contributed by atoms with Crippen LogP contribution in [0.4, 0.5) is 8.78 Å². The minimum absolute atomic E-state index is 0.111. The Morgan fingerprint density at radius 2 is 1.90 bits per heavy atom. The summed E-state index contributed by atoms with van der Waals surface area (Å²) in [6.45, 7) is -0.0364. The van der Waals surface area contributed by atoms with Crippen LogP contribution in [0.15, 0.2) is 23.1 Å². The molecule has 1 heterocycles. The standard InChI is InChI=1S/C12H14F2N2O3S/c13-9-4-1-5-10(14)11(9)20(18,19)16-6-2-3-8(7-16)12(15)17/h1,4-5,8H,2-3,6-7H2,(H2,15,17). The third kappa shape index (κ3) is 2.66. The van der Waals surface area contributed by atoms with E-state index in [1.807, 2.05) is 0 Å². The Labute approximate surface area is 115 Å². The van der Waals surface area contributed by atoms with E-state index >= 15 is 0 Å². The molecule has 1 saturated heterocycles. The average Bonchev–Trinajstić information content (AvgIpc) is 2.38. The van der Waals surface area contributed by atoms with Gasteiger partial charge in [0.05, 0.1) is 5.92 Å². The third-order valence-corrected chi connectivity index (χ3v) is 5.22. The number of halogens is 2. The first-order chi connectivity index (χ1) is 9.34. The molecule has 0 aromatic heterocycles. The second-order valence-electron chi connectivity index (χ2n) is 4.66. The van der Waals surface area contributed by atoms with Crippen molar-refractivity contribution in [2.75, 3.05) is 13.1 Å². The van der Waals surface area contributed by atoms with Crippen LogP contribution < -0.4 is 5.73 Å². The fraction of sp³-hybridized carbons (Fsp3) is 0.417. The van der Waals surface area contributed by atoms with Crippen LogP contribution in [0.2, 0.25) is 0 Å². The number of hydrogen-bond acceptors (Lipinski definition) is 3. The maximum absolute atomic E-state index is 13.6. The molecule has 20 heavy (non-hydrogen) atoms. The molecule has 2 N–H and O–H groups in total. The lowest BCUT2D eigenvalue weighted by Gasteiger charge is -2.30. The van der Waals surface area contributed by atoms with Gasteiger partial charge < -0.3 is 5.73 Å². The Bertz CT molecular complexity index is 613. The molecule has 110 valence electrons. The SMILES string of the molecule is NC(=O)C1CCCN(S(=O)(=O)c2c(F)cccc2F)C1. The number of nitrogens with two attached hydrogens (primary N) is 1. The number of sulfonamides is 1. The number of benzene rings is 1. The predicted octanol–water partition coefficient (Wildman–Crippen LogP) is 0.851. The highest BCUT2D eigenvalue weighted by molar-refractivity contribution is 7.89. The van der Waals surface area contributed by atoms with E-state index in [9.17, 15) is 22.0 Å². The molecule has 1 aromatic carbocycles. The molecule has 0 saturated carbocycles. The normalized spacial score (nSPS) is 20.8. The topological polar surface area (TPSA) is 80.5 Å². The van der Waals surface area contributed by atoms with Crippen LogP contribution in [0, 0.1) is 17.6 Å². The summed E-state index contributed by atoms with van der Waals surface area (Å²) in [5.41, 5.74) is 5.16. The molecule has 8 heteroatoms. The van der Waals surface area contributed by atoms with Crippen molar-refractivity contribution in [3.63, 3.8) is 0 Å². The highest BCUT2D eigenvalue weighted by Gasteiger charge is 2.35. The Morgan fingerprint density at radius 3 is 2.45 bits per heavy atom. The van der Waals surface area contributed by atoms with Gasteiger partial charge in [-0.3, -0.25) is 4.79 Å². The fourth-order valence-electron chi connectivity index (χ4n) is 2.25. The first-order valence-corrected chi connectivity index (χ1v) is 7.51. The molecule has 1 aliphatic heterocycles. The van der Waals surface area contributed by atoms with E-state index in [0.717, 1.165) is 22.5 Å². The Kier molecular flexibility index (Phi) is 4.05. The first-order valence-electron chi connectivity index (χ1n) is 6.07. The molecule has 1 fully saturated rings. The second-order valence-corrected chi connectivity index (χ2v) is 6.53. The van der Waals surface area contributed by atoms with Crippen LogP contribution in [-0.2, 0) is 14.8 Å². The number of piperidine rings is 1. The van der Waals surface area contributed by atoms with Gasteiger partial charge in [0, 0.05) is 13.1 Å². The smallest absolute Gasteiger partial charge is 0.248 e. The largest absolute Gasteiger partial charge is 0.369 e. The minimum Gasteiger partial charge on any atom is -0.369 e.